The second-order valence-corrected chi connectivity index (χ2v) is 7.93. The number of ether oxygens (including phenoxy) is 2. The van der Waals surface area contributed by atoms with Crippen molar-refractivity contribution in [3.8, 4) is 5.75 Å². The summed E-state index contributed by atoms with van der Waals surface area (Å²) in [6.45, 7) is 0.997. The number of methoxy groups -OCH3 is 2. The normalized spacial score (nSPS) is 15.9. The van der Waals surface area contributed by atoms with Gasteiger partial charge in [-0.1, -0.05) is 24.3 Å². The molecular formula is C19H23ClN2O5S. The summed E-state index contributed by atoms with van der Waals surface area (Å²) in [6, 6.07) is 12.0. The summed E-state index contributed by atoms with van der Waals surface area (Å²) in [7, 11) is -1.17. The minimum Gasteiger partial charge on any atom is -0.496 e. The second kappa shape index (κ2) is 9.38. The van der Waals surface area contributed by atoms with Crippen LogP contribution in [0.4, 0.5) is 0 Å². The Hall–Kier alpha value is -2.13. The van der Waals surface area contributed by atoms with Gasteiger partial charge in [0, 0.05) is 12.6 Å². The first-order valence-electron chi connectivity index (χ1n) is 8.53. The summed E-state index contributed by atoms with van der Waals surface area (Å²) >= 11 is 0. The molecule has 3 rings (SSSR count). The molecule has 0 aromatic heterocycles. The van der Waals surface area contributed by atoms with E-state index in [9.17, 15) is 13.2 Å². The second-order valence-electron chi connectivity index (χ2n) is 6.16. The Labute approximate surface area is 170 Å². The monoisotopic (exact) mass is 426 g/mol. The number of benzene rings is 2. The zero-order valence-electron chi connectivity index (χ0n) is 15.6. The summed E-state index contributed by atoms with van der Waals surface area (Å²) in [6.07, 6.45) is 0.917. The smallest absolute Gasteiger partial charge is 0.341 e. The lowest BCUT2D eigenvalue weighted by Crippen LogP contribution is -2.38. The Kier molecular flexibility index (Phi) is 7.42. The van der Waals surface area contributed by atoms with E-state index < -0.39 is 16.0 Å². The van der Waals surface area contributed by atoms with E-state index in [4.69, 9.17) is 9.47 Å². The van der Waals surface area contributed by atoms with Crippen LogP contribution in [0.1, 0.15) is 27.5 Å². The van der Waals surface area contributed by atoms with Crippen LogP contribution >= 0.6 is 12.4 Å². The number of esters is 1. The van der Waals surface area contributed by atoms with Gasteiger partial charge in [0.25, 0.3) is 0 Å². The van der Waals surface area contributed by atoms with Gasteiger partial charge in [-0.25, -0.2) is 17.9 Å². The molecule has 0 fully saturated rings. The summed E-state index contributed by atoms with van der Waals surface area (Å²) < 4.78 is 37.9. The molecule has 0 spiro atoms. The van der Waals surface area contributed by atoms with Gasteiger partial charge in [0.15, 0.2) is 0 Å². The third-order valence-corrected chi connectivity index (χ3v) is 6.00. The Morgan fingerprint density at radius 1 is 1.21 bits per heavy atom. The Bertz CT molecular complexity index is 949. The van der Waals surface area contributed by atoms with Crippen molar-refractivity contribution in [2.45, 2.75) is 17.4 Å². The quantitative estimate of drug-likeness (QED) is 0.687. The van der Waals surface area contributed by atoms with E-state index in [-0.39, 0.29) is 41.2 Å². The molecule has 1 aliphatic rings. The molecule has 152 valence electrons. The number of carbonyl (C=O) groups excluding carboxylic acids is 1. The molecule has 1 unspecified atom stereocenters. The van der Waals surface area contributed by atoms with Gasteiger partial charge in [-0.2, -0.15) is 0 Å². The lowest BCUT2D eigenvalue weighted by molar-refractivity contribution is 0.0597. The SMILES string of the molecule is COC(=O)c1cc(S(=O)(=O)NCC2NCCc3ccccc32)ccc1OC.Cl. The maximum Gasteiger partial charge on any atom is 0.341 e. The molecule has 2 N–H and O–H groups in total. The fourth-order valence-electron chi connectivity index (χ4n) is 3.18. The molecule has 2 aromatic rings. The van der Waals surface area contributed by atoms with E-state index in [1.54, 1.807) is 0 Å². The molecule has 1 aliphatic heterocycles. The zero-order valence-corrected chi connectivity index (χ0v) is 17.2. The maximum absolute atomic E-state index is 12.7. The number of hydrogen-bond acceptors (Lipinski definition) is 6. The molecule has 2 aromatic carbocycles. The van der Waals surface area contributed by atoms with Crippen molar-refractivity contribution in [3.05, 3.63) is 59.2 Å². The van der Waals surface area contributed by atoms with E-state index >= 15 is 0 Å². The van der Waals surface area contributed by atoms with Crippen LogP contribution in [-0.4, -0.2) is 41.7 Å². The van der Waals surface area contributed by atoms with E-state index in [0.29, 0.717) is 0 Å². The van der Waals surface area contributed by atoms with Crippen LogP contribution < -0.4 is 14.8 Å². The molecule has 28 heavy (non-hydrogen) atoms. The largest absolute Gasteiger partial charge is 0.496 e. The standard InChI is InChI=1S/C19H22N2O5S.ClH/c1-25-18-8-7-14(11-16(18)19(22)26-2)27(23,24)21-12-17-15-6-4-3-5-13(15)9-10-20-17;/h3-8,11,17,20-21H,9-10,12H2,1-2H3;1H. The first kappa shape index (κ1) is 22.2. The highest BCUT2D eigenvalue weighted by Gasteiger charge is 2.24. The van der Waals surface area contributed by atoms with Crippen molar-refractivity contribution in [2.24, 2.45) is 0 Å². The van der Waals surface area contributed by atoms with Crippen molar-refractivity contribution < 1.29 is 22.7 Å². The molecule has 9 heteroatoms. The minimum atomic E-state index is -3.80. The van der Waals surface area contributed by atoms with Gasteiger partial charge in [0.05, 0.1) is 19.1 Å². The van der Waals surface area contributed by atoms with Crippen LogP contribution in [0.2, 0.25) is 0 Å². The van der Waals surface area contributed by atoms with Crippen LogP contribution in [0.15, 0.2) is 47.4 Å². The van der Waals surface area contributed by atoms with Crippen LogP contribution in [0.3, 0.4) is 0 Å². The highest BCUT2D eigenvalue weighted by molar-refractivity contribution is 7.89. The van der Waals surface area contributed by atoms with Crippen molar-refractivity contribution in [1.82, 2.24) is 10.0 Å². The summed E-state index contributed by atoms with van der Waals surface area (Å²) in [5.74, 6) is -0.407. The Balaban J connectivity index is 0.00000280. The summed E-state index contributed by atoms with van der Waals surface area (Å²) in [4.78, 5) is 11.9. The highest BCUT2D eigenvalue weighted by Crippen LogP contribution is 2.25. The molecule has 0 radical (unpaired) electrons. The summed E-state index contributed by atoms with van der Waals surface area (Å²) in [5.41, 5.74) is 2.37. The molecule has 1 atom stereocenters. The first-order chi connectivity index (χ1) is 13.0. The fraction of sp³-hybridized carbons (Fsp3) is 0.316. The van der Waals surface area contributed by atoms with E-state index in [1.165, 1.54) is 38.0 Å². The van der Waals surface area contributed by atoms with Crippen molar-refractivity contribution in [1.29, 1.82) is 0 Å². The topological polar surface area (TPSA) is 93.7 Å². The van der Waals surface area contributed by atoms with Crippen molar-refractivity contribution >= 4 is 28.4 Å². The van der Waals surface area contributed by atoms with Gasteiger partial charge < -0.3 is 14.8 Å². The van der Waals surface area contributed by atoms with Crippen molar-refractivity contribution in [2.75, 3.05) is 27.3 Å². The number of sulfonamides is 1. The molecule has 0 saturated heterocycles. The van der Waals surface area contributed by atoms with Gasteiger partial charge in [0.2, 0.25) is 10.0 Å². The molecule has 7 nitrogen and oxygen atoms in total. The lowest BCUT2D eigenvalue weighted by Gasteiger charge is -2.27. The lowest BCUT2D eigenvalue weighted by atomic mass is 9.95. The predicted molar refractivity (Wildman–Crippen MR) is 108 cm³/mol. The Morgan fingerprint density at radius 3 is 2.68 bits per heavy atom. The third kappa shape index (κ3) is 4.64. The van der Waals surface area contributed by atoms with E-state index in [1.807, 2.05) is 18.2 Å². The fourth-order valence-corrected chi connectivity index (χ4v) is 4.25. The van der Waals surface area contributed by atoms with E-state index in [0.717, 1.165) is 18.5 Å². The molecule has 0 saturated carbocycles. The van der Waals surface area contributed by atoms with Gasteiger partial charge in [0.1, 0.15) is 11.3 Å². The molecule has 0 bridgehead atoms. The van der Waals surface area contributed by atoms with Crippen LogP contribution in [0.25, 0.3) is 0 Å². The number of nitrogens with one attached hydrogen (secondary N) is 2. The molecule has 0 aliphatic carbocycles. The van der Waals surface area contributed by atoms with Crippen LogP contribution in [0.5, 0.6) is 5.75 Å². The molecule has 0 amide bonds. The number of carbonyl (C=O) groups is 1. The number of halogens is 1. The molecular weight excluding hydrogens is 404 g/mol. The number of fused-ring (bicyclic) bond motifs is 1. The van der Waals surface area contributed by atoms with Gasteiger partial charge in [-0.15, -0.1) is 12.4 Å². The van der Waals surface area contributed by atoms with Crippen LogP contribution in [-0.2, 0) is 21.2 Å². The number of hydrogen-bond donors (Lipinski definition) is 2. The summed E-state index contributed by atoms with van der Waals surface area (Å²) in [5, 5.41) is 3.34. The molecule has 1 heterocycles. The predicted octanol–water partition coefficient (Wildman–Crippen LogP) is 2.07. The third-order valence-electron chi connectivity index (χ3n) is 4.58. The van der Waals surface area contributed by atoms with Gasteiger partial charge >= 0.3 is 5.97 Å². The van der Waals surface area contributed by atoms with E-state index in [2.05, 4.69) is 16.1 Å². The minimum absolute atomic E-state index is 0. The zero-order chi connectivity index (χ0) is 19.4. The number of rotatable bonds is 6. The first-order valence-corrected chi connectivity index (χ1v) is 10.0. The average Bonchev–Trinajstić information content (AvgIpc) is 2.71. The van der Waals surface area contributed by atoms with Crippen molar-refractivity contribution in [3.63, 3.8) is 0 Å². The highest BCUT2D eigenvalue weighted by atomic mass is 35.5. The average molecular weight is 427 g/mol. The van der Waals surface area contributed by atoms with Crippen LogP contribution in [0, 0.1) is 0 Å². The maximum atomic E-state index is 12.7. The van der Waals surface area contributed by atoms with Gasteiger partial charge in [-0.05, 0) is 42.3 Å². The van der Waals surface area contributed by atoms with Gasteiger partial charge in [-0.3, -0.25) is 0 Å². The Morgan fingerprint density at radius 2 is 1.96 bits per heavy atom.